The van der Waals surface area contributed by atoms with E-state index in [4.69, 9.17) is 11.3 Å². The molecule has 6 N–H and O–H groups in total. The lowest BCUT2D eigenvalue weighted by molar-refractivity contribution is -0.137. The third kappa shape index (κ3) is 7.78. The number of urea groups is 1. The van der Waals surface area contributed by atoms with Crippen molar-refractivity contribution in [3.63, 3.8) is 0 Å². The van der Waals surface area contributed by atoms with Gasteiger partial charge in [0.25, 0.3) is 0 Å². The molecule has 0 aromatic heterocycles. The highest BCUT2D eigenvalue weighted by Crippen LogP contribution is 2.32. The van der Waals surface area contributed by atoms with Crippen LogP contribution < -0.4 is 26.8 Å². The molecule has 0 radical (unpaired) electrons. The van der Waals surface area contributed by atoms with Crippen LogP contribution in [-0.4, -0.2) is 17.9 Å². The Hall–Kier alpha value is -5.00. The largest absolute Gasteiger partial charge is 0.416 e. The van der Waals surface area contributed by atoms with E-state index >= 15 is 0 Å². The molecule has 1 aliphatic rings. The van der Waals surface area contributed by atoms with Gasteiger partial charge in [0, 0.05) is 16.6 Å². The van der Waals surface area contributed by atoms with Gasteiger partial charge in [-0.15, -0.1) is 0 Å². The first-order valence-corrected chi connectivity index (χ1v) is 12.8. The zero-order chi connectivity index (χ0) is 29.4. The Morgan fingerprint density at radius 3 is 2.37 bits per heavy atom. The van der Waals surface area contributed by atoms with Crippen molar-refractivity contribution in [3.05, 3.63) is 101 Å². The van der Waals surface area contributed by atoms with Gasteiger partial charge in [0.15, 0.2) is 0 Å². The summed E-state index contributed by atoms with van der Waals surface area (Å²) in [7, 11) is 0. The zero-order valence-electron chi connectivity index (χ0n) is 22.0. The Morgan fingerprint density at radius 2 is 1.73 bits per heavy atom. The minimum absolute atomic E-state index is 0.00860. The smallest absolute Gasteiger partial charge is 0.308 e. The average Bonchev–Trinajstić information content (AvgIpc) is 2.96. The number of benzene rings is 3. The van der Waals surface area contributed by atoms with Crippen LogP contribution in [0.25, 0.3) is 5.57 Å². The number of allylic oxidation sites excluding steroid dienone is 2. The SMILES string of the molecule is NN=NC(=[NH2+])NC(=O)c1ccc(CN(C(=O)Nc2cccc(C(F)(F)F)c2)c2ccc(C3=CCCCC3)cc2)cc1. The summed E-state index contributed by atoms with van der Waals surface area (Å²) in [5.41, 5.74) is 2.94. The minimum Gasteiger partial charge on any atom is -0.308 e. The molecule has 41 heavy (non-hydrogen) atoms. The van der Waals surface area contributed by atoms with Crippen LogP contribution in [0.4, 0.5) is 29.3 Å². The topological polar surface area (TPSA) is 138 Å². The fourth-order valence-electron chi connectivity index (χ4n) is 4.42. The van der Waals surface area contributed by atoms with Crippen LogP contribution in [0.15, 0.2) is 89.2 Å². The van der Waals surface area contributed by atoms with Crippen molar-refractivity contribution >= 4 is 34.8 Å². The van der Waals surface area contributed by atoms with E-state index in [9.17, 15) is 22.8 Å². The van der Waals surface area contributed by atoms with Crippen LogP contribution in [0.5, 0.6) is 0 Å². The maximum atomic E-state index is 13.4. The number of amides is 3. The first-order valence-electron chi connectivity index (χ1n) is 12.8. The fourth-order valence-corrected chi connectivity index (χ4v) is 4.42. The van der Waals surface area contributed by atoms with Gasteiger partial charge >= 0.3 is 24.1 Å². The lowest BCUT2D eigenvalue weighted by Crippen LogP contribution is -2.49. The molecule has 12 heteroatoms. The highest BCUT2D eigenvalue weighted by Gasteiger charge is 2.30. The second kappa shape index (κ2) is 12.9. The predicted octanol–water partition coefficient (Wildman–Crippen LogP) is 5.07. The first-order chi connectivity index (χ1) is 19.6. The van der Waals surface area contributed by atoms with Crippen molar-refractivity contribution in [1.82, 2.24) is 5.32 Å². The van der Waals surface area contributed by atoms with Gasteiger partial charge in [-0.3, -0.25) is 20.9 Å². The summed E-state index contributed by atoms with van der Waals surface area (Å²) in [5, 5.41) is 16.7. The number of anilines is 2. The van der Waals surface area contributed by atoms with Crippen LogP contribution in [0.3, 0.4) is 0 Å². The maximum Gasteiger partial charge on any atom is 0.416 e. The first kappa shape index (κ1) is 29.0. The number of nitrogens with one attached hydrogen (secondary N) is 2. The quantitative estimate of drug-likeness (QED) is 0.109. The van der Waals surface area contributed by atoms with Gasteiger partial charge < -0.3 is 5.32 Å². The van der Waals surface area contributed by atoms with E-state index in [1.807, 2.05) is 24.3 Å². The number of carbonyl (C=O) groups excluding carboxylic acids is 2. The van der Waals surface area contributed by atoms with Crippen LogP contribution >= 0.6 is 0 Å². The van der Waals surface area contributed by atoms with E-state index in [0.717, 1.165) is 43.4 Å². The van der Waals surface area contributed by atoms with E-state index in [2.05, 4.69) is 27.0 Å². The van der Waals surface area contributed by atoms with Crippen molar-refractivity contribution in [2.75, 3.05) is 10.2 Å². The molecule has 9 nitrogen and oxygen atoms in total. The van der Waals surface area contributed by atoms with Gasteiger partial charge in [0.05, 0.1) is 22.8 Å². The van der Waals surface area contributed by atoms with E-state index < -0.39 is 23.7 Å². The van der Waals surface area contributed by atoms with Gasteiger partial charge in [-0.2, -0.15) is 13.2 Å². The van der Waals surface area contributed by atoms with Gasteiger partial charge in [-0.05, 0) is 84.8 Å². The lowest BCUT2D eigenvalue weighted by Gasteiger charge is -2.24. The van der Waals surface area contributed by atoms with Crippen LogP contribution in [0, 0.1) is 0 Å². The summed E-state index contributed by atoms with van der Waals surface area (Å²) in [6, 6.07) is 17.7. The van der Waals surface area contributed by atoms with E-state index in [1.165, 1.54) is 22.6 Å². The molecule has 0 fully saturated rings. The average molecular weight is 565 g/mol. The van der Waals surface area contributed by atoms with Crippen molar-refractivity contribution in [1.29, 1.82) is 0 Å². The fraction of sp³-hybridized carbons (Fsp3) is 0.207. The Morgan fingerprint density at radius 1 is 1.00 bits per heavy atom. The molecule has 3 aromatic carbocycles. The number of hydrogen-bond donors (Lipinski definition) is 4. The molecule has 0 aliphatic heterocycles. The molecule has 0 unspecified atom stereocenters. The van der Waals surface area contributed by atoms with Crippen molar-refractivity contribution in [2.45, 2.75) is 38.4 Å². The number of alkyl halides is 3. The van der Waals surface area contributed by atoms with Gasteiger partial charge in [0.2, 0.25) is 0 Å². The molecule has 0 heterocycles. The van der Waals surface area contributed by atoms with Gasteiger partial charge in [-0.1, -0.05) is 36.4 Å². The van der Waals surface area contributed by atoms with Crippen molar-refractivity contribution in [2.24, 2.45) is 16.2 Å². The van der Waals surface area contributed by atoms with E-state index in [0.29, 0.717) is 11.3 Å². The highest BCUT2D eigenvalue weighted by atomic mass is 19.4. The van der Waals surface area contributed by atoms with Crippen molar-refractivity contribution in [3.8, 4) is 0 Å². The number of carbonyl (C=O) groups is 2. The number of hydrogen-bond acceptors (Lipinski definition) is 3. The summed E-state index contributed by atoms with van der Waals surface area (Å²) < 4.78 is 39.7. The third-order valence-electron chi connectivity index (χ3n) is 6.49. The summed E-state index contributed by atoms with van der Waals surface area (Å²) >= 11 is 0. The molecule has 0 saturated heterocycles. The van der Waals surface area contributed by atoms with Crippen LogP contribution in [0.2, 0.25) is 0 Å². The van der Waals surface area contributed by atoms with Crippen LogP contribution in [0.1, 0.15) is 52.7 Å². The maximum absolute atomic E-state index is 13.4. The molecule has 212 valence electrons. The molecule has 0 bridgehead atoms. The number of guanidine groups is 1. The molecule has 1 aliphatic carbocycles. The van der Waals surface area contributed by atoms with Gasteiger partial charge in [0.1, 0.15) is 0 Å². The zero-order valence-corrected chi connectivity index (χ0v) is 22.0. The highest BCUT2D eigenvalue weighted by molar-refractivity contribution is 6.04. The number of halogens is 3. The standard InChI is InChI=1S/C29H28F3N7O2/c30-29(31,32)23-7-4-8-24(17-23)35-28(41)39(25-15-13-21(14-16-25)20-5-2-1-3-6-20)18-19-9-11-22(12-10-19)26(40)36-27(33)37-38-34/h4-5,7-17H,1-3,6,18H2,(H,35,41)(H4,33,34,36,37,40)/p+1. The summed E-state index contributed by atoms with van der Waals surface area (Å²) in [6.45, 7) is 0.0738. The molecule has 4 rings (SSSR count). The second-order valence-corrected chi connectivity index (χ2v) is 9.37. The van der Waals surface area contributed by atoms with E-state index in [-0.39, 0.29) is 23.8 Å². The Balaban J connectivity index is 1.58. The van der Waals surface area contributed by atoms with Gasteiger partial charge in [-0.25, -0.2) is 10.1 Å². The summed E-state index contributed by atoms with van der Waals surface area (Å²) in [5.74, 6) is 4.11. The molecule has 0 spiro atoms. The Bertz CT molecular complexity index is 1470. The lowest BCUT2D eigenvalue weighted by atomic mass is 9.93. The minimum atomic E-state index is -4.55. The van der Waals surface area contributed by atoms with E-state index in [1.54, 1.807) is 24.3 Å². The second-order valence-electron chi connectivity index (χ2n) is 9.37. The molecular formula is C29H29F3N7O2+. The number of nitrogens with two attached hydrogens (primary N) is 2. The Kier molecular flexibility index (Phi) is 9.12. The number of rotatable bonds is 6. The molecule has 0 saturated carbocycles. The Labute approximate surface area is 234 Å². The number of nitrogens with zero attached hydrogens (tertiary/aromatic N) is 3. The molecule has 3 aromatic rings. The monoisotopic (exact) mass is 564 g/mol. The van der Waals surface area contributed by atoms with Crippen molar-refractivity contribution < 1.29 is 28.2 Å². The van der Waals surface area contributed by atoms with Crippen LogP contribution in [-0.2, 0) is 12.7 Å². The summed E-state index contributed by atoms with van der Waals surface area (Å²) in [4.78, 5) is 27.2. The predicted molar refractivity (Wildman–Crippen MR) is 149 cm³/mol. The summed E-state index contributed by atoms with van der Waals surface area (Å²) in [6.07, 6.45) is 1.97. The normalized spacial score (nSPS) is 13.4. The molecule has 0 atom stereocenters. The molecule has 3 amide bonds. The molecular weight excluding hydrogens is 535 g/mol. The third-order valence-corrected chi connectivity index (χ3v) is 6.49.